The van der Waals surface area contributed by atoms with Gasteiger partial charge in [-0.3, -0.25) is 4.79 Å². The first kappa shape index (κ1) is 16.0. The minimum absolute atomic E-state index is 0.0686. The van der Waals surface area contributed by atoms with Crippen LogP contribution in [0.2, 0.25) is 0 Å². The zero-order valence-corrected chi connectivity index (χ0v) is 14.2. The van der Waals surface area contributed by atoms with E-state index in [4.69, 9.17) is 0 Å². The van der Waals surface area contributed by atoms with Gasteiger partial charge in [0.05, 0.1) is 0 Å². The number of amides is 1. The maximum Gasteiger partial charge on any atom is 0.267 e. The fourth-order valence-corrected chi connectivity index (χ4v) is 5.44. The summed E-state index contributed by atoms with van der Waals surface area (Å²) < 4.78 is 0. The van der Waals surface area contributed by atoms with Crippen LogP contribution in [0.15, 0.2) is 36.0 Å². The van der Waals surface area contributed by atoms with Crippen LogP contribution in [0.5, 0.6) is 5.75 Å². The smallest absolute Gasteiger partial charge is 0.267 e. The molecule has 0 saturated heterocycles. The van der Waals surface area contributed by atoms with Crippen molar-refractivity contribution >= 4 is 11.6 Å². The normalized spacial score (nSPS) is 32.9. The van der Waals surface area contributed by atoms with Gasteiger partial charge < -0.3 is 15.7 Å². The first-order chi connectivity index (χ1) is 12.0. The van der Waals surface area contributed by atoms with Crippen LogP contribution >= 0.6 is 0 Å². The fourth-order valence-electron chi connectivity index (χ4n) is 5.44. The number of hydrogen-bond donors (Lipinski definition) is 3. The summed E-state index contributed by atoms with van der Waals surface area (Å²) in [6, 6.07) is 8.31. The Labute approximate surface area is 147 Å². The van der Waals surface area contributed by atoms with Crippen molar-refractivity contribution in [3.8, 4) is 11.8 Å². The number of carbonyl (C=O) groups is 1. The lowest BCUT2D eigenvalue weighted by atomic mass is 9.53. The molecule has 130 valence electrons. The Bertz CT molecular complexity index is 727. The molecule has 0 heterocycles. The minimum atomic E-state index is -0.453. The lowest BCUT2D eigenvalue weighted by Gasteiger charge is -2.56. The number of nitriles is 1. The lowest BCUT2D eigenvalue weighted by Crippen LogP contribution is -2.57. The first-order valence-corrected chi connectivity index (χ1v) is 9.03. The van der Waals surface area contributed by atoms with Crippen LogP contribution in [0.3, 0.4) is 0 Å². The van der Waals surface area contributed by atoms with E-state index in [0.29, 0.717) is 5.69 Å². The molecule has 4 aliphatic rings. The molecule has 5 nitrogen and oxygen atoms in total. The Morgan fingerprint density at radius 1 is 1.20 bits per heavy atom. The monoisotopic (exact) mass is 337 g/mol. The molecule has 0 radical (unpaired) electrons. The molecule has 4 bridgehead atoms. The Morgan fingerprint density at radius 2 is 1.84 bits per heavy atom. The zero-order chi connectivity index (χ0) is 17.4. The van der Waals surface area contributed by atoms with Crippen molar-refractivity contribution in [1.82, 2.24) is 5.32 Å². The second-order valence-corrected chi connectivity index (χ2v) is 8.02. The summed E-state index contributed by atoms with van der Waals surface area (Å²) in [5, 5.41) is 25.0. The summed E-state index contributed by atoms with van der Waals surface area (Å²) in [6.45, 7) is 0. The number of aromatic hydroxyl groups is 1. The Kier molecular flexibility index (Phi) is 3.91. The molecule has 0 spiro atoms. The number of hydrogen-bond acceptors (Lipinski definition) is 4. The van der Waals surface area contributed by atoms with Crippen LogP contribution < -0.4 is 10.6 Å². The highest BCUT2D eigenvalue weighted by atomic mass is 16.3. The SMILES string of the molecule is N#C/C(=C/NC12CC3CC(CC(C3)C1)C2)C(=O)Nc1cccc(O)c1. The number of carbonyl (C=O) groups excluding carboxylic acids is 1. The average molecular weight is 337 g/mol. The van der Waals surface area contributed by atoms with Crippen molar-refractivity contribution in [1.29, 1.82) is 5.26 Å². The number of nitrogens with one attached hydrogen (secondary N) is 2. The second-order valence-electron chi connectivity index (χ2n) is 8.02. The predicted molar refractivity (Wildman–Crippen MR) is 94.5 cm³/mol. The molecular formula is C20H23N3O2. The number of phenols is 1. The van der Waals surface area contributed by atoms with Crippen LogP contribution in [0.1, 0.15) is 38.5 Å². The first-order valence-electron chi connectivity index (χ1n) is 9.03. The van der Waals surface area contributed by atoms with Crippen molar-refractivity contribution in [3.63, 3.8) is 0 Å². The molecule has 0 unspecified atom stereocenters. The van der Waals surface area contributed by atoms with Gasteiger partial charge in [-0.2, -0.15) is 5.26 Å². The number of nitrogens with zero attached hydrogens (tertiary/aromatic N) is 1. The van der Waals surface area contributed by atoms with E-state index in [0.717, 1.165) is 37.0 Å². The maximum absolute atomic E-state index is 12.3. The summed E-state index contributed by atoms with van der Waals surface area (Å²) in [5.74, 6) is 2.04. The topological polar surface area (TPSA) is 85.2 Å². The molecule has 0 atom stereocenters. The molecule has 5 rings (SSSR count). The highest BCUT2D eigenvalue weighted by molar-refractivity contribution is 6.06. The van der Waals surface area contributed by atoms with Gasteiger partial charge >= 0.3 is 0 Å². The van der Waals surface area contributed by atoms with Crippen molar-refractivity contribution < 1.29 is 9.90 Å². The molecule has 25 heavy (non-hydrogen) atoms. The third-order valence-corrected chi connectivity index (χ3v) is 6.03. The third kappa shape index (κ3) is 3.21. The van der Waals surface area contributed by atoms with Gasteiger partial charge in [0.15, 0.2) is 0 Å². The van der Waals surface area contributed by atoms with E-state index in [2.05, 4.69) is 10.6 Å². The van der Waals surface area contributed by atoms with Crippen molar-refractivity contribution in [2.24, 2.45) is 17.8 Å². The van der Waals surface area contributed by atoms with Gasteiger partial charge in [0, 0.05) is 23.5 Å². The molecule has 0 aromatic heterocycles. The van der Waals surface area contributed by atoms with Gasteiger partial charge in [-0.25, -0.2) is 0 Å². The lowest BCUT2D eigenvalue weighted by molar-refractivity contribution is -0.112. The van der Waals surface area contributed by atoms with Crippen LogP contribution in [0.25, 0.3) is 0 Å². The van der Waals surface area contributed by atoms with Gasteiger partial charge in [0.1, 0.15) is 17.4 Å². The van der Waals surface area contributed by atoms with Gasteiger partial charge in [-0.1, -0.05) is 6.07 Å². The fraction of sp³-hybridized carbons (Fsp3) is 0.500. The van der Waals surface area contributed by atoms with Crippen LogP contribution in [0, 0.1) is 29.1 Å². The van der Waals surface area contributed by atoms with Gasteiger partial charge in [-0.15, -0.1) is 0 Å². The quantitative estimate of drug-likeness (QED) is 0.581. The summed E-state index contributed by atoms with van der Waals surface area (Å²) in [6.07, 6.45) is 9.13. The number of phenolic OH excluding ortho intramolecular Hbond substituents is 1. The Morgan fingerprint density at radius 3 is 2.40 bits per heavy atom. The molecule has 0 aliphatic heterocycles. The maximum atomic E-state index is 12.3. The van der Waals surface area contributed by atoms with E-state index in [9.17, 15) is 15.2 Å². The minimum Gasteiger partial charge on any atom is -0.508 e. The van der Waals surface area contributed by atoms with Crippen LogP contribution in [-0.4, -0.2) is 16.6 Å². The van der Waals surface area contributed by atoms with E-state index in [-0.39, 0.29) is 16.9 Å². The van der Waals surface area contributed by atoms with Crippen LogP contribution in [-0.2, 0) is 4.79 Å². The highest BCUT2D eigenvalue weighted by Crippen LogP contribution is 2.55. The van der Waals surface area contributed by atoms with E-state index in [1.807, 2.05) is 6.07 Å². The van der Waals surface area contributed by atoms with E-state index in [1.54, 1.807) is 18.3 Å². The average Bonchev–Trinajstić information content (AvgIpc) is 2.54. The van der Waals surface area contributed by atoms with Crippen molar-refractivity contribution in [2.45, 2.75) is 44.1 Å². The highest BCUT2D eigenvalue weighted by Gasteiger charge is 2.50. The molecule has 1 aromatic carbocycles. The number of rotatable bonds is 4. The molecular weight excluding hydrogens is 314 g/mol. The Hall–Kier alpha value is -2.48. The number of benzene rings is 1. The molecule has 3 N–H and O–H groups in total. The Balaban J connectivity index is 1.46. The van der Waals surface area contributed by atoms with Gasteiger partial charge in [-0.05, 0) is 68.4 Å². The van der Waals surface area contributed by atoms with Crippen molar-refractivity contribution in [3.05, 3.63) is 36.0 Å². The van der Waals surface area contributed by atoms with E-state index >= 15 is 0 Å². The zero-order valence-electron chi connectivity index (χ0n) is 14.2. The molecule has 4 fully saturated rings. The summed E-state index contributed by atoms with van der Waals surface area (Å²) in [7, 11) is 0. The summed E-state index contributed by atoms with van der Waals surface area (Å²) in [4.78, 5) is 12.3. The van der Waals surface area contributed by atoms with E-state index < -0.39 is 5.91 Å². The standard InChI is InChI=1S/C20H23N3O2/c21-11-16(19(25)23-17-2-1-3-18(24)7-17)12-22-20-8-13-4-14(9-20)6-15(5-13)10-20/h1-3,7,12-15,22,24H,4-6,8-10H2,(H,23,25)/b16-12-. The van der Waals surface area contributed by atoms with E-state index in [1.165, 1.54) is 31.4 Å². The molecule has 1 amide bonds. The van der Waals surface area contributed by atoms with Gasteiger partial charge in [0.25, 0.3) is 5.91 Å². The largest absolute Gasteiger partial charge is 0.508 e. The van der Waals surface area contributed by atoms with Crippen LogP contribution in [0.4, 0.5) is 5.69 Å². The summed E-state index contributed by atoms with van der Waals surface area (Å²) >= 11 is 0. The molecule has 5 heteroatoms. The molecule has 1 aromatic rings. The molecule has 4 aliphatic carbocycles. The van der Waals surface area contributed by atoms with Gasteiger partial charge in [0.2, 0.25) is 0 Å². The third-order valence-electron chi connectivity index (χ3n) is 6.03. The number of anilines is 1. The van der Waals surface area contributed by atoms with Crippen molar-refractivity contribution in [2.75, 3.05) is 5.32 Å². The summed E-state index contributed by atoms with van der Waals surface area (Å²) in [5.41, 5.74) is 0.613. The molecule has 4 saturated carbocycles. The predicted octanol–water partition coefficient (Wildman–Crippen LogP) is 3.30. The second kappa shape index (κ2) is 6.11.